The van der Waals surface area contributed by atoms with Crippen LogP contribution in [0.5, 0.6) is 0 Å². The third-order valence-electron chi connectivity index (χ3n) is 6.74. The molecular weight excluding hydrogens is 410 g/mol. The number of para-hydroxylation sites is 1. The Morgan fingerprint density at radius 3 is 2.42 bits per heavy atom. The van der Waals surface area contributed by atoms with Gasteiger partial charge in [-0.05, 0) is 22.8 Å². The average Bonchev–Trinajstić information content (AvgIpc) is 3.41. The van der Waals surface area contributed by atoms with Crippen LogP contribution in [0.25, 0.3) is 10.9 Å². The van der Waals surface area contributed by atoms with Gasteiger partial charge in [0.15, 0.2) is 0 Å². The molecule has 2 N–H and O–H groups in total. The minimum atomic E-state index is -0.413. The third kappa shape index (κ3) is 4.02. The quantitative estimate of drug-likeness (QED) is 0.462. The van der Waals surface area contributed by atoms with Crippen molar-refractivity contribution in [2.75, 3.05) is 13.6 Å². The van der Waals surface area contributed by atoms with Crippen LogP contribution in [0.3, 0.4) is 0 Å². The topological polar surface area (TPSA) is 65.2 Å². The van der Waals surface area contributed by atoms with Gasteiger partial charge in [0.2, 0.25) is 11.8 Å². The molecule has 3 aromatic carbocycles. The molecule has 0 radical (unpaired) electrons. The number of H-pyrrole nitrogens is 1. The second-order valence-electron chi connectivity index (χ2n) is 8.67. The van der Waals surface area contributed by atoms with Crippen molar-refractivity contribution in [3.63, 3.8) is 0 Å². The lowest BCUT2D eigenvalue weighted by Crippen LogP contribution is -2.36. The van der Waals surface area contributed by atoms with Gasteiger partial charge < -0.3 is 15.2 Å². The summed E-state index contributed by atoms with van der Waals surface area (Å²) < 4.78 is 0. The van der Waals surface area contributed by atoms with E-state index in [1.165, 1.54) is 0 Å². The maximum atomic E-state index is 13.4. The number of aromatic nitrogens is 1. The zero-order valence-electron chi connectivity index (χ0n) is 18.6. The van der Waals surface area contributed by atoms with Crippen molar-refractivity contribution in [2.24, 2.45) is 5.92 Å². The zero-order chi connectivity index (χ0) is 22.8. The second-order valence-corrected chi connectivity index (χ2v) is 8.67. The van der Waals surface area contributed by atoms with Gasteiger partial charge in [-0.1, -0.05) is 78.9 Å². The molecule has 5 heteroatoms. The van der Waals surface area contributed by atoms with Crippen LogP contribution >= 0.6 is 0 Å². The number of fused-ring (bicyclic) bond motifs is 1. The van der Waals surface area contributed by atoms with Crippen LogP contribution in [0.4, 0.5) is 0 Å². The number of nitrogens with zero attached hydrogens (tertiary/aromatic N) is 1. The standard InChI is InChI=1S/C28H27N3O2/c1-31-26(32)16-22(27(31)20-12-6-3-7-13-20)28(33)30-17-23(19-10-4-2-5-11-19)24-18-29-25-15-9-8-14-21(24)25/h2-15,18,22-23,27,29H,16-17H2,1H3,(H,30,33). The van der Waals surface area contributed by atoms with Crippen molar-refractivity contribution in [1.29, 1.82) is 0 Å². The van der Waals surface area contributed by atoms with Gasteiger partial charge in [0.1, 0.15) is 0 Å². The van der Waals surface area contributed by atoms with Crippen LogP contribution in [0, 0.1) is 5.92 Å². The number of rotatable bonds is 6. The molecule has 166 valence electrons. The summed E-state index contributed by atoms with van der Waals surface area (Å²) in [6.07, 6.45) is 2.26. The molecule has 1 fully saturated rings. The first-order valence-electron chi connectivity index (χ1n) is 11.3. The maximum Gasteiger partial charge on any atom is 0.226 e. The first-order valence-corrected chi connectivity index (χ1v) is 11.3. The van der Waals surface area contributed by atoms with E-state index < -0.39 is 5.92 Å². The lowest BCUT2D eigenvalue weighted by molar-refractivity contribution is -0.128. The van der Waals surface area contributed by atoms with Crippen LogP contribution in [-0.4, -0.2) is 35.3 Å². The second kappa shape index (κ2) is 8.94. The Morgan fingerprint density at radius 2 is 1.67 bits per heavy atom. The fourth-order valence-electron chi connectivity index (χ4n) is 5.02. The molecule has 1 aliphatic rings. The number of likely N-dealkylation sites (tertiary alicyclic amines) is 1. The predicted octanol–water partition coefficient (Wildman–Crippen LogP) is 4.64. The van der Waals surface area contributed by atoms with Crippen molar-refractivity contribution < 1.29 is 9.59 Å². The fourth-order valence-corrected chi connectivity index (χ4v) is 5.02. The zero-order valence-corrected chi connectivity index (χ0v) is 18.6. The average molecular weight is 438 g/mol. The van der Waals surface area contributed by atoms with E-state index in [1.54, 1.807) is 11.9 Å². The number of nitrogens with one attached hydrogen (secondary N) is 2. The van der Waals surface area contributed by atoms with Crippen molar-refractivity contribution in [3.8, 4) is 0 Å². The Labute approximate surface area is 193 Å². The molecule has 1 aliphatic heterocycles. The summed E-state index contributed by atoms with van der Waals surface area (Å²) in [6, 6.07) is 28.0. The van der Waals surface area contributed by atoms with E-state index in [0.717, 1.165) is 27.6 Å². The number of carbonyl (C=O) groups excluding carboxylic acids is 2. The van der Waals surface area contributed by atoms with Gasteiger partial charge in [-0.15, -0.1) is 0 Å². The molecule has 0 spiro atoms. The predicted molar refractivity (Wildman–Crippen MR) is 130 cm³/mol. The highest BCUT2D eigenvalue weighted by molar-refractivity contribution is 5.90. The van der Waals surface area contributed by atoms with E-state index in [4.69, 9.17) is 0 Å². The van der Waals surface area contributed by atoms with E-state index >= 15 is 0 Å². The first kappa shape index (κ1) is 21.0. The molecule has 2 heterocycles. The SMILES string of the molecule is CN1C(=O)CC(C(=O)NCC(c2ccccc2)c2c[nH]c3ccccc23)C1c1ccccc1. The van der Waals surface area contributed by atoms with Crippen LogP contribution in [0.2, 0.25) is 0 Å². The maximum absolute atomic E-state index is 13.4. The molecule has 3 unspecified atom stereocenters. The fraction of sp³-hybridized carbons (Fsp3) is 0.214. The van der Waals surface area contributed by atoms with Crippen molar-refractivity contribution in [1.82, 2.24) is 15.2 Å². The normalized spacial score (nSPS) is 19.1. The number of carbonyl (C=O) groups is 2. The molecule has 0 saturated carbocycles. The molecule has 4 aromatic rings. The first-order chi connectivity index (χ1) is 16.1. The number of amides is 2. The van der Waals surface area contributed by atoms with Crippen molar-refractivity contribution >= 4 is 22.7 Å². The molecule has 5 rings (SSSR count). The van der Waals surface area contributed by atoms with Gasteiger partial charge in [-0.2, -0.15) is 0 Å². The van der Waals surface area contributed by atoms with E-state index in [2.05, 4.69) is 34.6 Å². The number of benzene rings is 3. The molecule has 1 aromatic heterocycles. The Balaban J connectivity index is 1.41. The van der Waals surface area contributed by atoms with Gasteiger partial charge in [-0.3, -0.25) is 9.59 Å². The summed E-state index contributed by atoms with van der Waals surface area (Å²) in [6.45, 7) is 0.459. The van der Waals surface area contributed by atoms with Crippen LogP contribution in [0.1, 0.15) is 35.1 Å². The molecule has 0 aliphatic carbocycles. The Morgan fingerprint density at radius 1 is 1.00 bits per heavy atom. The van der Waals surface area contributed by atoms with E-state index in [1.807, 2.05) is 66.9 Å². The summed E-state index contributed by atoms with van der Waals surface area (Å²) in [5.41, 5.74) is 4.35. The van der Waals surface area contributed by atoms with E-state index in [0.29, 0.717) is 6.54 Å². The van der Waals surface area contributed by atoms with Crippen LogP contribution < -0.4 is 5.32 Å². The highest BCUT2D eigenvalue weighted by Crippen LogP contribution is 2.37. The summed E-state index contributed by atoms with van der Waals surface area (Å²) in [5, 5.41) is 4.34. The van der Waals surface area contributed by atoms with Gasteiger partial charge in [0.25, 0.3) is 0 Å². The van der Waals surface area contributed by atoms with Gasteiger partial charge in [0, 0.05) is 43.0 Å². The van der Waals surface area contributed by atoms with Gasteiger partial charge in [0.05, 0.1) is 12.0 Å². The number of aromatic amines is 1. The van der Waals surface area contributed by atoms with Gasteiger partial charge in [-0.25, -0.2) is 0 Å². The lowest BCUT2D eigenvalue weighted by Gasteiger charge is -2.26. The number of hydrogen-bond acceptors (Lipinski definition) is 2. The van der Waals surface area contributed by atoms with Crippen molar-refractivity contribution in [3.05, 3.63) is 108 Å². The molecule has 5 nitrogen and oxygen atoms in total. The minimum Gasteiger partial charge on any atom is -0.361 e. The largest absolute Gasteiger partial charge is 0.361 e. The van der Waals surface area contributed by atoms with E-state index in [-0.39, 0.29) is 30.2 Å². The molecule has 2 amide bonds. The molecule has 1 saturated heterocycles. The molecule has 33 heavy (non-hydrogen) atoms. The highest BCUT2D eigenvalue weighted by Gasteiger charge is 2.42. The molecule has 3 atom stereocenters. The summed E-state index contributed by atoms with van der Waals surface area (Å²) >= 11 is 0. The lowest BCUT2D eigenvalue weighted by atomic mass is 9.89. The summed E-state index contributed by atoms with van der Waals surface area (Å²) in [4.78, 5) is 31.0. The highest BCUT2D eigenvalue weighted by atomic mass is 16.2. The Kier molecular flexibility index (Phi) is 5.69. The molecule has 0 bridgehead atoms. The smallest absolute Gasteiger partial charge is 0.226 e. The Hall–Kier alpha value is -3.86. The monoisotopic (exact) mass is 437 g/mol. The van der Waals surface area contributed by atoms with Crippen molar-refractivity contribution in [2.45, 2.75) is 18.4 Å². The Bertz CT molecular complexity index is 1270. The third-order valence-corrected chi connectivity index (χ3v) is 6.74. The number of hydrogen-bond donors (Lipinski definition) is 2. The van der Waals surface area contributed by atoms with E-state index in [9.17, 15) is 9.59 Å². The summed E-state index contributed by atoms with van der Waals surface area (Å²) in [5.74, 6) is -0.497. The summed E-state index contributed by atoms with van der Waals surface area (Å²) in [7, 11) is 1.78. The van der Waals surface area contributed by atoms with Gasteiger partial charge >= 0.3 is 0 Å². The van der Waals surface area contributed by atoms with Crippen LogP contribution in [0.15, 0.2) is 91.1 Å². The minimum absolute atomic E-state index is 0.000223. The molecular formula is C28H27N3O2. The van der Waals surface area contributed by atoms with Crippen LogP contribution in [-0.2, 0) is 9.59 Å².